The number of ether oxygens (including phenoxy) is 3. The Hall–Kier alpha value is -3.03. The first-order chi connectivity index (χ1) is 13.0. The van der Waals surface area contributed by atoms with Crippen LogP contribution >= 0.6 is 0 Å². The number of nitrogens with two attached hydrogens (primary N) is 1. The van der Waals surface area contributed by atoms with E-state index in [1.165, 1.54) is 6.07 Å². The van der Waals surface area contributed by atoms with E-state index in [1.807, 2.05) is 19.9 Å². The smallest absolute Gasteiger partial charge is 0.193 e. The van der Waals surface area contributed by atoms with Gasteiger partial charge in [0.1, 0.15) is 23.9 Å². The van der Waals surface area contributed by atoms with Crippen molar-refractivity contribution in [2.75, 3.05) is 31.7 Å². The van der Waals surface area contributed by atoms with Gasteiger partial charge in [-0.25, -0.2) is 13.8 Å². The molecular weight excluding hydrogens is 356 g/mol. The Balaban J connectivity index is 1.93. The largest absolute Gasteiger partial charge is 0.494 e. The molecule has 2 aromatic carbocycles. The second-order valence-corrected chi connectivity index (χ2v) is 5.34. The zero-order valence-electron chi connectivity index (χ0n) is 15.3. The van der Waals surface area contributed by atoms with E-state index in [0.29, 0.717) is 30.4 Å². The van der Waals surface area contributed by atoms with E-state index < -0.39 is 11.6 Å². The van der Waals surface area contributed by atoms with Crippen molar-refractivity contribution in [2.24, 2.45) is 10.7 Å². The normalized spacial score (nSPS) is 11.2. The van der Waals surface area contributed by atoms with Crippen molar-refractivity contribution in [3.63, 3.8) is 0 Å². The lowest BCUT2D eigenvalue weighted by atomic mass is 10.2. The van der Waals surface area contributed by atoms with Gasteiger partial charge in [0.2, 0.25) is 0 Å². The van der Waals surface area contributed by atoms with Gasteiger partial charge in [-0.1, -0.05) is 0 Å². The third-order valence-electron chi connectivity index (χ3n) is 3.36. The minimum Gasteiger partial charge on any atom is -0.494 e. The van der Waals surface area contributed by atoms with Crippen LogP contribution in [0.5, 0.6) is 17.2 Å². The molecule has 2 aromatic rings. The highest BCUT2D eigenvalue weighted by atomic mass is 19.2. The maximum atomic E-state index is 13.1. The van der Waals surface area contributed by atoms with Gasteiger partial charge in [-0.15, -0.1) is 0 Å². The van der Waals surface area contributed by atoms with Crippen LogP contribution in [0, 0.1) is 11.6 Å². The molecule has 146 valence electrons. The number of halogens is 2. The summed E-state index contributed by atoms with van der Waals surface area (Å²) in [5, 5.41) is 2.97. The van der Waals surface area contributed by atoms with E-state index in [1.54, 1.807) is 12.1 Å². The molecule has 8 heteroatoms. The predicted octanol–water partition coefficient (Wildman–Crippen LogP) is 3.57. The summed E-state index contributed by atoms with van der Waals surface area (Å²) in [6.07, 6.45) is 0. The minimum atomic E-state index is -0.963. The molecule has 0 saturated heterocycles. The van der Waals surface area contributed by atoms with Crippen molar-refractivity contribution in [1.29, 1.82) is 0 Å². The third kappa shape index (κ3) is 6.32. The van der Waals surface area contributed by atoms with Gasteiger partial charge >= 0.3 is 0 Å². The van der Waals surface area contributed by atoms with Gasteiger partial charge in [-0.2, -0.15) is 0 Å². The van der Waals surface area contributed by atoms with E-state index in [2.05, 4.69) is 10.3 Å². The van der Waals surface area contributed by atoms with Gasteiger partial charge in [0.25, 0.3) is 0 Å². The number of hydrogen-bond acceptors (Lipinski definition) is 4. The summed E-state index contributed by atoms with van der Waals surface area (Å²) < 4.78 is 42.3. The van der Waals surface area contributed by atoms with Crippen molar-refractivity contribution in [2.45, 2.75) is 13.8 Å². The second-order valence-electron chi connectivity index (χ2n) is 5.34. The molecule has 0 aliphatic carbocycles. The summed E-state index contributed by atoms with van der Waals surface area (Å²) in [4.78, 5) is 4.15. The Kier molecular flexibility index (Phi) is 7.66. The molecule has 0 fully saturated rings. The van der Waals surface area contributed by atoms with Gasteiger partial charge in [0.05, 0.1) is 25.4 Å². The molecule has 2 rings (SSSR count). The first-order valence-corrected chi connectivity index (χ1v) is 8.58. The third-order valence-corrected chi connectivity index (χ3v) is 3.36. The van der Waals surface area contributed by atoms with Crippen molar-refractivity contribution in [3.05, 3.63) is 48.0 Å². The van der Waals surface area contributed by atoms with E-state index in [0.717, 1.165) is 12.1 Å². The number of anilines is 1. The number of benzene rings is 2. The molecule has 0 amide bonds. The average Bonchev–Trinajstić information content (AvgIpc) is 2.64. The van der Waals surface area contributed by atoms with Gasteiger partial charge in [0.15, 0.2) is 17.6 Å². The zero-order valence-corrected chi connectivity index (χ0v) is 15.3. The molecule has 0 spiro atoms. The van der Waals surface area contributed by atoms with Crippen LogP contribution in [0.25, 0.3) is 0 Å². The fourth-order valence-corrected chi connectivity index (χ4v) is 2.22. The second kappa shape index (κ2) is 10.2. The molecule has 0 heterocycles. The molecule has 27 heavy (non-hydrogen) atoms. The Morgan fingerprint density at radius 2 is 1.67 bits per heavy atom. The fourth-order valence-electron chi connectivity index (χ4n) is 2.22. The van der Waals surface area contributed by atoms with Crippen LogP contribution in [0.2, 0.25) is 0 Å². The molecular formula is C19H23F2N3O3. The summed E-state index contributed by atoms with van der Waals surface area (Å²) in [6.45, 7) is 5.21. The maximum Gasteiger partial charge on any atom is 0.193 e. The Morgan fingerprint density at radius 3 is 2.37 bits per heavy atom. The molecule has 0 aliphatic rings. The molecule has 0 aromatic heterocycles. The summed E-state index contributed by atoms with van der Waals surface area (Å²) in [5.74, 6) is -0.199. The maximum absolute atomic E-state index is 13.1. The molecule has 0 aliphatic heterocycles. The summed E-state index contributed by atoms with van der Waals surface area (Å²) in [6, 6.07) is 8.70. The van der Waals surface area contributed by atoms with Gasteiger partial charge in [0, 0.05) is 12.1 Å². The Labute approximate surface area is 156 Å². The minimum absolute atomic E-state index is 0.157. The van der Waals surface area contributed by atoms with Gasteiger partial charge < -0.3 is 25.3 Å². The number of rotatable bonds is 9. The number of aliphatic imine (C=N–C) groups is 1. The fraction of sp³-hybridized carbons (Fsp3) is 0.316. The first-order valence-electron chi connectivity index (χ1n) is 8.58. The number of guanidine groups is 1. The predicted molar refractivity (Wildman–Crippen MR) is 101 cm³/mol. The molecule has 0 bridgehead atoms. The van der Waals surface area contributed by atoms with Crippen LogP contribution in [0.15, 0.2) is 41.4 Å². The lowest BCUT2D eigenvalue weighted by Gasteiger charge is -2.14. The first kappa shape index (κ1) is 20.3. The summed E-state index contributed by atoms with van der Waals surface area (Å²) in [7, 11) is 0. The van der Waals surface area contributed by atoms with E-state index in [-0.39, 0.29) is 24.9 Å². The molecule has 0 radical (unpaired) electrons. The van der Waals surface area contributed by atoms with Gasteiger partial charge in [-0.05, 0) is 38.1 Å². The number of hydrogen-bond donors (Lipinski definition) is 2. The molecule has 0 unspecified atom stereocenters. The van der Waals surface area contributed by atoms with E-state index >= 15 is 0 Å². The lowest BCUT2D eigenvalue weighted by molar-refractivity contribution is 0.325. The molecule has 6 nitrogen and oxygen atoms in total. The quantitative estimate of drug-likeness (QED) is 0.396. The zero-order chi connectivity index (χ0) is 19.6. The topological polar surface area (TPSA) is 78.1 Å². The van der Waals surface area contributed by atoms with Crippen molar-refractivity contribution in [3.8, 4) is 17.2 Å². The number of nitrogens with zero attached hydrogens (tertiary/aromatic N) is 1. The van der Waals surface area contributed by atoms with Crippen LogP contribution in [-0.4, -0.2) is 32.3 Å². The van der Waals surface area contributed by atoms with Crippen LogP contribution in [0.4, 0.5) is 14.5 Å². The molecule has 0 atom stereocenters. The van der Waals surface area contributed by atoms with Crippen molar-refractivity contribution in [1.82, 2.24) is 0 Å². The van der Waals surface area contributed by atoms with Crippen molar-refractivity contribution < 1.29 is 23.0 Å². The van der Waals surface area contributed by atoms with Crippen LogP contribution in [0.3, 0.4) is 0 Å². The van der Waals surface area contributed by atoms with Crippen LogP contribution in [0.1, 0.15) is 13.8 Å². The average molecular weight is 379 g/mol. The Morgan fingerprint density at radius 1 is 0.963 bits per heavy atom. The monoisotopic (exact) mass is 379 g/mol. The standard InChI is InChI=1S/C19H23F2N3O3/c1-3-25-14-6-8-18(26-4-2)17(12-14)24-19(22)23-9-10-27-13-5-7-15(20)16(21)11-13/h5-8,11-12H,3-4,9-10H2,1-2H3,(H3,22,23,24). The number of nitrogens with one attached hydrogen (secondary N) is 1. The molecule has 0 saturated carbocycles. The summed E-state index contributed by atoms with van der Waals surface area (Å²) >= 11 is 0. The Bertz CT molecular complexity index is 785. The van der Waals surface area contributed by atoms with Gasteiger partial charge in [-0.3, -0.25) is 0 Å². The highest BCUT2D eigenvalue weighted by Crippen LogP contribution is 2.29. The molecule has 3 N–H and O–H groups in total. The SMILES string of the molecule is CCOc1ccc(OCC)c(NC(N)=NCCOc2ccc(F)c(F)c2)c1. The van der Waals surface area contributed by atoms with Crippen LogP contribution < -0.4 is 25.3 Å². The van der Waals surface area contributed by atoms with E-state index in [9.17, 15) is 8.78 Å². The summed E-state index contributed by atoms with van der Waals surface area (Å²) in [5.41, 5.74) is 6.53. The van der Waals surface area contributed by atoms with E-state index in [4.69, 9.17) is 19.9 Å². The van der Waals surface area contributed by atoms with Crippen molar-refractivity contribution >= 4 is 11.6 Å². The lowest BCUT2D eigenvalue weighted by Crippen LogP contribution is -2.24. The highest BCUT2D eigenvalue weighted by molar-refractivity contribution is 5.94. The van der Waals surface area contributed by atoms with Crippen LogP contribution in [-0.2, 0) is 0 Å². The highest BCUT2D eigenvalue weighted by Gasteiger charge is 2.07.